The molecule has 30 heavy (non-hydrogen) atoms. The van der Waals surface area contributed by atoms with Gasteiger partial charge >= 0.3 is 0 Å². The van der Waals surface area contributed by atoms with Crippen LogP contribution in [0.25, 0.3) is 0 Å². The molecule has 1 aliphatic heterocycles. The van der Waals surface area contributed by atoms with Crippen molar-refractivity contribution in [1.82, 2.24) is 4.90 Å². The van der Waals surface area contributed by atoms with Gasteiger partial charge in [-0.05, 0) is 63.1 Å². The van der Waals surface area contributed by atoms with E-state index in [4.69, 9.17) is 4.74 Å². The molecule has 4 fully saturated rings. The molecule has 0 unspecified atom stereocenters. The lowest BCUT2D eigenvalue weighted by Gasteiger charge is -2.59. The number of carbonyl (C=O) groups is 2. The Hall–Kier alpha value is -1.34. The highest BCUT2D eigenvalue weighted by Crippen LogP contribution is 2.67. The summed E-state index contributed by atoms with van der Waals surface area (Å²) in [6, 6.07) is 0. The highest BCUT2D eigenvalue weighted by molar-refractivity contribution is 6.01. The van der Waals surface area contributed by atoms with Gasteiger partial charge in [-0.25, -0.2) is 0 Å². The Morgan fingerprint density at radius 3 is 2.77 bits per heavy atom. The van der Waals surface area contributed by atoms with Crippen LogP contribution < -0.4 is 0 Å². The highest BCUT2D eigenvalue weighted by Gasteiger charge is 2.69. The molecule has 1 heterocycles. The molecular weight excluding hydrogens is 382 g/mol. The molecule has 164 valence electrons. The van der Waals surface area contributed by atoms with Crippen LogP contribution in [0.15, 0.2) is 23.8 Å². The Bertz CT molecular complexity index is 851. The first-order valence-electron chi connectivity index (χ1n) is 11.3. The van der Waals surface area contributed by atoms with Crippen molar-refractivity contribution in [2.45, 2.75) is 63.9 Å². The molecular formula is C24H33NO5. The molecule has 5 aliphatic rings. The molecule has 4 aliphatic carbocycles. The van der Waals surface area contributed by atoms with Gasteiger partial charge < -0.3 is 14.9 Å². The third-order valence-electron chi connectivity index (χ3n) is 9.40. The lowest BCUT2D eigenvalue weighted by Crippen LogP contribution is -2.63. The normalized spacial score (nSPS) is 50.6. The van der Waals surface area contributed by atoms with Crippen molar-refractivity contribution in [3.63, 3.8) is 0 Å². The van der Waals surface area contributed by atoms with E-state index in [0.717, 1.165) is 24.8 Å². The van der Waals surface area contributed by atoms with Crippen molar-refractivity contribution < 1.29 is 24.5 Å². The van der Waals surface area contributed by atoms with Crippen molar-refractivity contribution in [2.75, 3.05) is 20.2 Å². The maximum absolute atomic E-state index is 13.5. The van der Waals surface area contributed by atoms with E-state index in [1.165, 1.54) is 0 Å². The molecule has 8 atom stereocenters. The summed E-state index contributed by atoms with van der Waals surface area (Å²) in [6.45, 7) is 5.32. The topological polar surface area (TPSA) is 87.1 Å². The number of ketones is 2. The van der Waals surface area contributed by atoms with Crippen LogP contribution in [0.5, 0.6) is 0 Å². The van der Waals surface area contributed by atoms with Gasteiger partial charge in [0.25, 0.3) is 0 Å². The van der Waals surface area contributed by atoms with Gasteiger partial charge in [0.1, 0.15) is 5.60 Å². The highest BCUT2D eigenvalue weighted by atomic mass is 16.5. The number of rotatable bonds is 2. The number of allylic oxidation sites excluding steroid dienone is 4. The first kappa shape index (κ1) is 20.6. The van der Waals surface area contributed by atoms with Crippen LogP contribution in [0.2, 0.25) is 0 Å². The zero-order valence-electron chi connectivity index (χ0n) is 18.1. The Morgan fingerprint density at radius 1 is 1.30 bits per heavy atom. The van der Waals surface area contributed by atoms with Crippen LogP contribution >= 0.6 is 0 Å². The van der Waals surface area contributed by atoms with Crippen molar-refractivity contribution in [2.24, 2.45) is 28.6 Å². The van der Waals surface area contributed by atoms with Gasteiger partial charge in [0.2, 0.25) is 5.78 Å². The summed E-state index contributed by atoms with van der Waals surface area (Å²) in [5, 5.41) is 23.2. The van der Waals surface area contributed by atoms with Crippen LogP contribution in [-0.2, 0) is 14.3 Å². The van der Waals surface area contributed by atoms with Gasteiger partial charge in [-0.3, -0.25) is 14.5 Å². The zero-order valence-corrected chi connectivity index (χ0v) is 18.1. The molecule has 0 aromatic heterocycles. The van der Waals surface area contributed by atoms with Gasteiger partial charge in [-0.1, -0.05) is 25.5 Å². The minimum atomic E-state index is -1.48. The van der Waals surface area contributed by atoms with Crippen molar-refractivity contribution in [1.29, 1.82) is 0 Å². The number of likely N-dealkylation sites (N-methyl/N-ethyl adjacent to an activating group) is 1. The van der Waals surface area contributed by atoms with E-state index in [9.17, 15) is 19.8 Å². The van der Waals surface area contributed by atoms with E-state index in [1.807, 2.05) is 24.9 Å². The minimum absolute atomic E-state index is 0.00258. The summed E-state index contributed by atoms with van der Waals surface area (Å²) in [4.78, 5) is 27.3. The minimum Gasteiger partial charge on any atom is -0.393 e. The number of nitrogens with zero attached hydrogens (tertiary/aromatic N) is 1. The fourth-order valence-electron chi connectivity index (χ4n) is 7.77. The van der Waals surface area contributed by atoms with Crippen LogP contribution in [0.1, 0.15) is 46.0 Å². The standard InChI is InChI=1S/C24H33NO5/c1-22-8-6-15(26)12-14(22)4-5-16-17-7-9-24(29,20(28)21-25(3)10-11-30-21)23(17,2)13-18(27)19(16)22/h6,8,12,16-19,21,27,29H,4-5,7,9-11,13H2,1-3H3/t16-,17-,18-,19+,21+,22-,23-,24+/m0/s1. The van der Waals surface area contributed by atoms with Gasteiger partial charge in [-0.2, -0.15) is 0 Å². The van der Waals surface area contributed by atoms with Crippen molar-refractivity contribution in [3.05, 3.63) is 23.8 Å². The lowest BCUT2D eigenvalue weighted by atomic mass is 9.46. The third kappa shape index (κ3) is 2.51. The second kappa shape index (κ2) is 6.58. The van der Waals surface area contributed by atoms with E-state index in [1.54, 1.807) is 12.2 Å². The number of hydrogen-bond donors (Lipinski definition) is 2. The van der Waals surface area contributed by atoms with E-state index < -0.39 is 23.3 Å². The van der Waals surface area contributed by atoms with Gasteiger partial charge in [0.15, 0.2) is 12.0 Å². The van der Waals surface area contributed by atoms with Crippen molar-refractivity contribution >= 4 is 11.6 Å². The molecule has 3 saturated carbocycles. The van der Waals surface area contributed by atoms with Crippen LogP contribution in [0, 0.1) is 28.6 Å². The summed E-state index contributed by atoms with van der Waals surface area (Å²) in [6.07, 6.45) is 7.33. The number of Topliss-reactive ketones (excluding diaryl/α,β-unsaturated/α-hetero) is 1. The predicted molar refractivity (Wildman–Crippen MR) is 110 cm³/mol. The average Bonchev–Trinajstić information content (AvgIpc) is 3.23. The molecule has 6 nitrogen and oxygen atoms in total. The quantitative estimate of drug-likeness (QED) is 0.716. The molecule has 1 saturated heterocycles. The number of aliphatic hydroxyl groups excluding tert-OH is 1. The summed E-state index contributed by atoms with van der Waals surface area (Å²) < 4.78 is 5.66. The summed E-state index contributed by atoms with van der Waals surface area (Å²) in [5.41, 5.74) is -1.38. The van der Waals surface area contributed by atoms with E-state index >= 15 is 0 Å². The summed E-state index contributed by atoms with van der Waals surface area (Å²) in [5.74, 6) is 0.156. The Morgan fingerprint density at radius 2 is 2.07 bits per heavy atom. The summed E-state index contributed by atoms with van der Waals surface area (Å²) >= 11 is 0. The predicted octanol–water partition coefficient (Wildman–Crippen LogP) is 1.85. The SMILES string of the molecule is CN1CCO[C@@H]1C(=O)[C@]1(O)CC[C@H]2[C@@H]3CCC4=CC(=O)C=C[C@]4(C)[C@H]3[C@@H](O)C[C@@]21C. The molecule has 0 amide bonds. The Kier molecular flexibility index (Phi) is 4.51. The first-order chi connectivity index (χ1) is 14.1. The number of aliphatic hydroxyl groups is 2. The number of fused-ring (bicyclic) bond motifs is 5. The number of ether oxygens (including phenoxy) is 1. The van der Waals surface area contributed by atoms with Crippen LogP contribution in [-0.4, -0.2) is 64.8 Å². The maximum atomic E-state index is 13.5. The zero-order chi connectivity index (χ0) is 21.5. The number of carbonyl (C=O) groups excluding carboxylic acids is 2. The Labute approximate surface area is 178 Å². The third-order valence-corrected chi connectivity index (χ3v) is 9.40. The molecule has 0 radical (unpaired) electrons. The average molecular weight is 416 g/mol. The lowest BCUT2D eigenvalue weighted by molar-refractivity contribution is -0.186. The van der Waals surface area contributed by atoms with Crippen LogP contribution in [0.3, 0.4) is 0 Å². The maximum Gasteiger partial charge on any atom is 0.208 e. The molecule has 2 N–H and O–H groups in total. The van der Waals surface area contributed by atoms with Gasteiger partial charge in [-0.15, -0.1) is 0 Å². The summed E-state index contributed by atoms with van der Waals surface area (Å²) in [7, 11) is 1.85. The van der Waals surface area contributed by atoms with E-state index in [0.29, 0.717) is 26.0 Å². The fraction of sp³-hybridized carbons (Fsp3) is 0.750. The smallest absolute Gasteiger partial charge is 0.208 e. The van der Waals surface area contributed by atoms with Gasteiger partial charge in [0.05, 0.1) is 12.7 Å². The molecule has 6 heteroatoms. The van der Waals surface area contributed by atoms with E-state index in [-0.39, 0.29) is 34.7 Å². The molecule has 0 spiro atoms. The van der Waals surface area contributed by atoms with E-state index in [2.05, 4.69) is 6.92 Å². The fourth-order valence-corrected chi connectivity index (χ4v) is 7.77. The largest absolute Gasteiger partial charge is 0.393 e. The first-order valence-corrected chi connectivity index (χ1v) is 11.3. The second-order valence-corrected chi connectivity index (χ2v) is 10.7. The molecule has 0 aromatic carbocycles. The molecule has 0 aromatic rings. The van der Waals surface area contributed by atoms with Crippen molar-refractivity contribution in [3.8, 4) is 0 Å². The number of hydrogen-bond acceptors (Lipinski definition) is 6. The molecule has 5 rings (SSSR count). The Balaban J connectivity index is 1.50. The van der Waals surface area contributed by atoms with Crippen LogP contribution in [0.4, 0.5) is 0 Å². The molecule has 0 bridgehead atoms. The second-order valence-electron chi connectivity index (χ2n) is 10.7. The monoisotopic (exact) mass is 415 g/mol. The van der Waals surface area contributed by atoms with Gasteiger partial charge in [0, 0.05) is 23.3 Å².